The Morgan fingerprint density at radius 3 is 2.58 bits per heavy atom. The van der Waals surface area contributed by atoms with Crippen LogP contribution in [-0.4, -0.2) is 18.9 Å². The Morgan fingerprint density at radius 2 is 1.95 bits per heavy atom. The molecule has 0 radical (unpaired) electrons. The van der Waals surface area contributed by atoms with Crippen LogP contribution in [-0.2, 0) is 0 Å². The molecule has 104 valence electrons. The summed E-state index contributed by atoms with van der Waals surface area (Å²) in [6, 6.07) is 4.76. The van der Waals surface area contributed by atoms with E-state index in [4.69, 9.17) is 0 Å². The molecule has 0 atom stereocenters. The molecule has 2 nitrogen and oxygen atoms in total. The second kappa shape index (κ2) is 6.18. The molecule has 0 saturated carbocycles. The first kappa shape index (κ1) is 14.0. The van der Waals surface area contributed by atoms with E-state index in [1.54, 1.807) is 12.1 Å². The van der Waals surface area contributed by atoms with E-state index in [0.29, 0.717) is 23.6 Å². The van der Waals surface area contributed by atoms with Crippen LogP contribution in [0.25, 0.3) is 0 Å². The fraction of sp³-hybridized carbons (Fsp3) is 0.562. The van der Waals surface area contributed by atoms with Crippen LogP contribution >= 0.6 is 0 Å². The number of anilines is 1. The molecule has 1 aliphatic rings. The lowest BCUT2D eigenvalue weighted by Crippen LogP contribution is -2.30. The number of halogens is 1. The van der Waals surface area contributed by atoms with Crippen LogP contribution in [0.2, 0.25) is 0 Å². The van der Waals surface area contributed by atoms with Crippen LogP contribution in [0.1, 0.15) is 49.9 Å². The number of carbonyl (C=O) groups is 1. The van der Waals surface area contributed by atoms with Crippen molar-refractivity contribution < 1.29 is 9.18 Å². The van der Waals surface area contributed by atoms with Gasteiger partial charge in [0.1, 0.15) is 5.82 Å². The Hall–Kier alpha value is -1.38. The lowest BCUT2D eigenvalue weighted by atomic mass is 10.00. The zero-order valence-corrected chi connectivity index (χ0v) is 11.8. The van der Waals surface area contributed by atoms with Crippen molar-refractivity contribution >= 4 is 11.5 Å². The average molecular weight is 263 g/mol. The van der Waals surface area contributed by atoms with Crippen LogP contribution in [0.15, 0.2) is 18.2 Å². The van der Waals surface area contributed by atoms with Crippen LogP contribution in [0.5, 0.6) is 0 Å². The van der Waals surface area contributed by atoms with E-state index >= 15 is 0 Å². The highest BCUT2D eigenvalue weighted by molar-refractivity contribution is 5.97. The van der Waals surface area contributed by atoms with Crippen LogP contribution in [0, 0.1) is 11.7 Å². The second-order valence-corrected chi connectivity index (χ2v) is 5.74. The summed E-state index contributed by atoms with van der Waals surface area (Å²) in [7, 11) is 0. The molecule has 1 aliphatic heterocycles. The molecular formula is C16H22FNO. The van der Waals surface area contributed by atoms with Gasteiger partial charge in [-0.15, -0.1) is 0 Å². The third-order valence-corrected chi connectivity index (χ3v) is 3.56. The van der Waals surface area contributed by atoms with Gasteiger partial charge in [-0.05, 0) is 43.4 Å². The van der Waals surface area contributed by atoms with E-state index in [-0.39, 0.29) is 11.6 Å². The third-order valence-electron chi connectivity index (χ3n) is 3.56. The zero-order chi connectivity index (χ0) is 13.8. The summed E-state index contributed by atoms with van der Waals surface area (Å²) >= 11 is 0. The standard InChI is InChI=1S/C16H22FNO/c1-12(2)10-16(19)13-6-7-14(17)15(11-13)18-8-4-3-5-9-18/h6-7,11-12H,3-5,8-10H2,1-2H3. The van der Waals surface area contributed by atoms with Crippen molar-refractivity contribution in [2.75, 3.05) is 18.0 Å². The molecule has 0 unspecified atom stereocenters. The van der Waals surface area contributed by atoms with Crippen LogP contribution in [0.3, 0.4) is 0 Å². The fourth-order valence-corrected chi connectivity index (χ4v) is 2.55. The highest BCUT2D eigenvalue weighted by Gasteiger charge is 2.17. The Bertz CT molecular complexity index is 450. The zero-order valence-electron chi connectivity index (χ0n) is 11.8. The van der Waals surface area contributed by atoms with E-state index in [0.717, 1.165) is 25.9 Å². The maximum Gasteiger partial charge on any atom is 0.163 e. The summed E-state index contributed by atoms with van der Waals surface area (Å²) in [5, 5.41) is 0. The first-order valence-corrected chi connectivity index (χ1v) is 7.15. The fourth-order valence-electron chi connectivity index (χ4n) is 2.55. The van der Waals surface area contributed by atoms with Crippen molar-refractivity contribution in [2.45, 2.75) is 39.5 Å². The smallest absolute Gasteiger partial charge is 0.163 e. The van der Waals surface area contributed by atoms with Gasteiger partial charge in [-0.3, -0.25) is 4.79 Å². The average Bonchev–Trinajstić information content (AvgIpc) is 2.39. The number of nitrogens with zero attached hydrogens (tertiary/aromatic N) is 1. The summed E-state index contributed by atoms with van der Waals surface area (Å²) in [6.45, 7) is 5.82. The van der Waals surface area contributed by atoms with E-state index in [1.165, 1.54) is 12.5 Å². The summed E-state index contributed by atoms with van der Waals surface area (Å²) in [4.78, 5) is 14.1. The number of rotatable bonds is 4. The van der Waals surface area contributed by atoms with Gasteiger partial charge < -0.3 is 4.90 Å². The predicted molar refractivity (Wildman–Crippen MR) is 76.2 cm³/mol. The predicted octanol–water partition coefficient (Wildman–Crippen LogP) is 4.04. The topological polar surface area (TPSA) is 20.3 Å². The van der Waals surface area contributed by atoms with Gasteiger partial charge in [0.2, 0.25) is 0 Å². The number of ketones is 1. The van der Waals surface area contributed by atoms with Gasteiger partial charge in [0.05, 0.1) is 5.69 Å². The maximum absolute atomic E-state index is 13.9. The Labute approximate surface area is 114 Å². The van der Waals surface area contributed by atoms with Crippen molar-refractivity contribution in [3.8, 4) is 0 Å². The van der Waals surface area contributed by atoms with Gasteiger partial charge in [-0.1, -0.05) is 13.8 Å². The Kier molecular flexibility index (Phi) is 4.56. The van der Waals surface area contributed by atoms with Gasteiger partial charge in [0.15, 0.2) is 5.78 Å². The Balaban J connectivity index is 2.21. The molecule has 1 saturated heterocycles. The summed E-state index contributed by atoms with van der Waals surface area (Å²) in [6.07, 6.45) is 3.93. The molecule has 1 aromatic rings. The molecule has 2 rings (SSSR count). The van der Waals surface area contributed by atoms with Crippen molar-refractivity contribution in [3.63, 3.8) is 0 Å². The first-order valence-electron chi connectivity index (χ1n) is 7.15. The molecule has 1 fully saturated rings. The number of hydrogen-bond donors (Lipinski definition) is 0. The Morgan fingerprint density at radius 1 is 1.26 bits per heavy atom. The monoisotopic (exact) mass is 263 g/mol. The number of hydrogen-bond acceptors (Lipinski definition) is 2. The largest absolute Gasteiger partial charge is 0.369 e. The molecular weight excluding hydrogens is 241 g/mol. The number of piperidine rings is 1. The van der Waals surface area contributed by atoms with Crippen molar-refractivity contribution in [1.29, 1.82) is 0 Å². The highest BCUT2D eigenvalue weighted by Crippen LogP contribution is 2.25. The molecule has 0 aromatic heterocycles. The molecule has 1 aromatic carbocycles. The lowest BCUT2D eigenvalue weighted by molar-refractivity contribution is 0.0968. The summed E-state index contributed by atoms with van der Waals surface area (Å²) < 4.78 is 13.9. The minimum Gasteiger partial charge on any atom is -0.369 e. The molecule has 0 amide bonds. The van der Waals surface area contributed by atoms with Gasteiger partial charge in [-0.2, -0.15) is 0 Å². The molecule has 0 bridgehead atoms. The van der Waals surface area contributed by atoms with Gasteiger partial charge >= 0.3 is 0 Å². The molecule has 0 aliphatic carbocycles. The van der Waals surface area contributed by atoms with Crippen molar-refractivity contribution in [3.05, 3.63) is 29.6 Å². The quantitative estimate of drug-likeness (QED) is 0.764. The number of benzene rings is 1. The summed E-state index contributed by atoms with van der Waals surface area (Å²) in [5.41, 5.74) is 1.23. The minimum atomic E-state index is -0.219. The molecule has 19 heavy (non-hydrogen) atoms. The SMILES string of the molecule is CC(C)CC(=O)c1ccc(F)c(N2CCCCC2)c1. The van der Waals surface area contributed by atoms with Gasteiger partial charge in [0.25, 0.3) is 0 Å². The minimum absolute atomic E-state index is 0.105. The van der Waals surface area contributed by atoms with E-state index in [9.17, 15) is 9.18 Å². The van der Waals surface area contributed by atoms with Crippen molar-refractivity contribution in [2.24, 2.45) is 5.92 Å². The maximum atomic E-state index is 13.9. The molecule has 1 heterocycles. The third kappa shape index (κ3) is 3.55. The van der Waals surface area contributed by atoms with Gasteiger partial charge in [0, 0.05) is 25.1 Å². The molecule has 0 spiro atoms. The van der Waals surface area contributed by atoms with Crippen LogP contribution in [0.4, 0.5) is 10.1 Å². The normalized spacial score (nSPS) is 15.9. The van der Waals surface area contributed by atoms with Crippen molar-refractivity contribution in [1.82, 2.24) is 0 Å². The van der Waals surface area contributed by atoms with E-state index in [1.807, 2.05) is 13.8 Å². The first-order chi connectivity index (χ1) is 9.08. The van der Waals surface area contributed by atoms with E-state index in [2.05, 4.69) is 4.90 Å². The number of Topliss-reactive ketones (excluding diaryl/α,β-unsaturated/α-hetero) is 1. The summed E-state index contributed by atoms with van der Waals surface area (Å²) in [5.74, 6) is 0.215. The highest BCUT2D eigenvalue weighted by atomic mass is 19.1. The number of carbonyl (C=O) groups excluding carboxylic acids is 1. The second-order valence-electron chi connectivity index (χ2n) is 5.74. The van der Waals surface area contributed by atoms with E-state index < -0.39 is 0 Å². The molecule has 0 N–H and O–H groups in total. The van der Waals surface area contributed by atoms with Gasteiger partial charge in [-0.25, -0.2) is 4.39 Å². The molecule has 3 heteroatoms. The lowest BCUT2D eigenvalue weighted by Gasteiger charge is -2.29. The van der Waals surface area contributed by atoms with Crippen LogP contribution < -0.4 is 4.90 Å².